The number of nitrogens with one attached hydrogen (secondary N) is 1. The van der Waals surface area contributed by atoms with Crippen molar-refractivity contribution in [3.63, 3.8) is 0 Å². The number of amides is 4. The van der Waals surface area contributed by atoms with Crippen molar-refractivity contribution in [1.82, 2.24) is 29.8 Å². The highest BCUT2D eigenvalue weighted by Gasteiger charge is 2.32. The molecule has 4 amide bonds. The summed E-state index contributed by atoms with van der Waals surface area (Å²) in [6.45, 7) is 13.1. The van der Waals surface area contributed by atoms with Crippen LogP contribution in [0.2, 0.25) is 0 Å². The fourth-order valence-electron chi connectivity index (χ4n) is 5.95. The second-order valence-corrected chi connectivity index (χ2v) is 12.2. The van der Waals surface area contributed by atoms with E-state index in [0.717, 1.165) is 63.7 Å². The first kappa shape index (κ1) is 38.6. The minimum Gasteiger partial charge on any atom is -0.496 e. The molecule has 0 aromatic heterocycles. The maximum absolute atomic E-state index is 12.5. The molecule has 0 saturated carbocycles. The molecule has 0 spiro atoms. The maximum Gasteiger partial charge on any atom is 0.320 e. The molecule has 1 unspecified atom stereocenters. The fourth-order valence-corrected chi connectivity index (χ4v) is 5.95. The van der Waals surface area contributed by atoms with Crippen molar-refractivity contribution >= 4 is 23.5 Å². The molecule has 268 valence electrons. The summed E-state index contributed by atoms with van der Waals surface area (Å²) < 4.78 is 10.7. The van der Waals surface area contributed by atoms with E-state index in [0.29, 0.717) is 26.3 Å². The van der Waals surface area contributed by atoms with E-state index in [1.807, 2.05) is 52.8 Å². The molecule has 0 aliphatic carbocycles. The van der Waals surface area contributed by atoms with E-state index in [4.69, 9.17) is 9.47 Å². The third-order valence-corrected chi connectivity index (χ3v) is 8.67. The van der Waals surface area contributed by atoms with E-state index in [-0.39, 0.29) is 25.7 Å². The number of urea groups is 1. The highest BCUT2D eigenvalue weighted by atomic mass is 16.5. The lowest BCUT2D eigenvalue weighted by atomic mass is 10.1. The number of hydrogen-bond acceptors (Lipinski definition) is 8. The van der Waals surface area contributed by atoms with Crippen LogP contribution in [0.15, 0.2) is 48.5 Å². The molecule has 0 radical (unpaired) electrons. The van der Waals surface area contributed by atoms with Gasteiger partial charge in [0.2, 0.25) is 11.8 Å². The topological polar surface area (TPSA) is 101 Å². The van der Waals surface area contributed by atoms with Gasteiger partial charge in [-0.05, 0) is 17.7 Å². The van der Waals surface area contributed by atoms with Gasteiger partial charge in [0.25, 0.3) is 0 Å². The predicted octanol–water partition coefficient (Wildman–Crippen LogP) is 3.07. The molecule has 12 heteroatoms. The van der Waals surface area contributed by atoms with Crippen LogP contribution in [0.4, 0.5) is 10.5 Å². The Balaban J connectivity index is 0.000000319. The number of benzene rings is 2. The van der Waals surface area contributed by atoms with Crippen molar-refractivity contribution in [2.75, 3.05) is 106 Å². The average molecular weight is 670 g/mol. The first-order valence-electron chi connectivity index (χ1n) is 17.1. The summed E-state index contributed by atoms with van der Waals surface area (Å²) in [5, 5.41) is 2.84. The smallest absolute Gasteiger partial charge is 0.320 e. The molecule has 12 nitrogen and oxygen atoms in total. The molecule has 3 fully saturated rings. The first-order chi connectivity index (χ1) is 23.2. The van der Waals surface area contributed by atoms with Gasteiger partial charge in [-0.1, -0.05) is 50.2 Å². The average Bonchev–Trinajstić information content (AvgIpc) is 3.11. The Morgan fingerprint density at radius 3 is 2.08 bits per heavy atom. The van der Waals surface area contributed by atoms with Crippen molar-refractivity contribution in [3.8, 4) is 5.75 Å². The Bertz CT molecular complexity index is 1300. The van der Waals surface area contributed by atoms with Gasteiger partial charge in [-0.3, -0.25) is 19.4 Å². The number of rotatable bonds is 8. The molecular formula is C36H59N7O5. The summed E-state index contributed by atoms with van der Waals surface area (Å²) in [4.78, 5) is 48.7. The summed E-state index contributed by atoms with van der Waals surface area (Å²) in [7, 11) is 9.20. The number of piperazine rings is 2. The van der Waals surface area contributed by atoms with Crippen LogP contribution < -0.4 is 15.0 Å². The van der Waals surface area contributed by atoms with Crippen LogP contribution in [0.1, 0.15) is 32.8 Å². The zero-order valence-corrected chi connectivity index (χ0v) is 30.1. The molecule has 48 heavy (non-hydrogen) atoms. The number of carbonyl (C=O) groups excluding carboxylic acids is 3. The summed E-state index contributed by atoms with van der Waals surface area (Å²) in [6.07, 6.45) is 0.188. The second-order valence-electron chi connectivity index (χ2n) is 12.2. The van der Waals surface area contributed by atoms with E-state index in [9.17, 15) is 14.4 Å². The van der Waals surface area contributed by atoms with Crippen LogP contribution in [-0.4, -0.2) is 149 Å². The van der Waals surface area contributed by atoms with Crippen molar-refractivity contribution in [1.29, 1.82) is 0 Å². The van der Waals surface area contributed by atoms with Gasteiger partial charge in [-0.25, -0.2) is 4.79 Å². The summed E-state index contributed by atoms with van der Waals surface area (Å²) >= 11 is 0. The highest BCUT2D eigenvalue weighted by Crippen LogP contribution is 2.23. The number of ether oxygens (including phenoxy) is 2. The number of hydrogen-bond donors (Lipinski definition) is 1. The number of carbonyl (C=O) groups is 3. The Kier molecular flexibility index (Phi) is 15.9. The zero-order valence-electron chi connectivity index (χ0n) is 30.1. The van der Waals surface area contributed by atoms with Gasteiger partial charge in [0.1, 0.15) is 5.75 Å². The predicted molar refractivity (Wildman–Crippen MR) is 192 cm³/mol. The maximum atomic E-state index is 12.5. The third-order valence-electron chi connectivity index (χ3n) is 8.67. The molecule has 2 aromatic rings. The van der Waals surface area contributed by atoms with Gasteiger partial charge in [0.15, 0.2) is 0 Å². The Morgan fingerprint density at radius 1 is 0.854 bits per heavy atom. The molecule has 1 N–H and O–H groups in total. The van der Waals surface area contributed by atoms with Crippen LogP contribution in [0.3, 0.4) is 0 Å². The zero-order chi connectivity index (χ0) is 35.1. The van der Waals surface area contributed by atoms with E-state index in [1.165, 1.54) is 16.2 Å². The minimum atomic E-state index is -0.437. The fraction of sp³-hybridized carbons (Fsp3) is 0.583. The molecular weight excluding hydrogens is 610 g/mol. The van der Waals surface area contributed by atoms with Crippen LogP contribution >= 0.6 is 0 Å². The van der Waals surface area contributed by atoms with E-state index in [2.05, 4.69) is 53.5 Å². The van der Waals surface area contributed by atoms with E-state index >= 15 is 0 Å². The van der Waals surface area contributed by atoms with Crippen LogP contribution in [0.25, 0.3) is 0 Å². The second kappa shape index (κ2) is 19.8. The number of nitrogens with zero attached hydrogens (tertiary/aromatic N) is 6. The normalized spacial score (nSPS) is 18.4. The van der Waals surface area contributed by atoms with Gasteiger partial charge >= 0.3 is 6.03 Å². The summed E-state index contributed by atoms with van der Waals surface area (Å²) in [5.41, 5.74) is 3.63. The lowest BCUT2D eigenvalue weighted by Gasteiger charge is -2.38. The lowest BCUT2D eigenvalue weighted by molar-refractivity contribution is -0.137. The Morgan fingerprint density at radius 2 is 1.46 bits per heavy atom. The van der Waals surface area contributed by atoms with Crippen LogP contribution in [0.5, 0.6) is 5.75 Å². The van der Waals surface area contributed by atoms with Crippen molar-refractivity contribution in [2.45, 2.75) is 39.4 Å². The van der Waals surface area contributed by atoms with Crippen molar-refractivity contribution in [3.05, 3.63) is 59.7 Å². The van der Waals surface area contributed by atoms with E-state index in [1.54, 1.807) is 21.2 Å². The molecule has 5 rings (SSSR count). The van der Waals surface area contributed by atoms with E-state index < -0.39 is 6.04 Å². The minimum absolute atomic E-state index is 0. The number of anilines is 1. The molecule has 0 bridgehead atoms. The van der Waals surface area contributed by atoms with Gasteiger partial charge in [-0.15, -0.1) is 0 Å². The Hall–Kier alpha value is -3.87. The molecule has 3 aliphatic heterocycles. The SMILES string of the molecule is CC.CN(C)c1ccccc1CN1CCN(C(=O)N2CCOCC2)CC1.COc1ccccc1CN1CCNC(=O)C1CC(=O)N(C)C.[HH]. The van der Waals surface area contributed by atoms with Crippen molar-refractivity contribution in [2.24, 2.45) is 0 Å². The first-order valence-corrected chi connectivity index (χ1v) is 17.1. The van der Waals surface area contributed by atoms with Gasteiger partial charge in [0.05, 0.1) is 32.8 Å². The molecule has 3 aliphatic rings. The monoisotopic (exact) mass is 669 g/mol. The standard InChI is InChI=1S/C18H28N4O2.C16H23N3O3.C2H6.H2/c1-19(2)17-6-4-3-5-16(17)15-20-7-9-21(10-8-20)18(23)22-11-13-24-14-12-22;1-18(2)15(20)10-13-16(21)17-8-9-19(13)11-12-6-4-5-7-14(12)22-3;1-2;/h3-6H,7-15H2,1-2H3;4-7,13H,8-11H2,1-3H3,(H,17,21);1-2H3;1H. The lowest BCUT2D eigenvalue weighted by Crippen LogP contribution is -2.56. The van der Waals surface area contributed by atoms with Gasteiger partial charge < -0.3 is 34.4 Å². The Labute approximate surface area is 289 Å². The largest absolute Gasteiger partial charge is 0.496 e. The van der Waals surface area contributed by atoms with Crippen LogP contribution in [-0.2, 0) is 27.4 Å². The number of morpholine rings is 1. The molecule has 3 heterocycles. The highest BCUT2D eigenvalue weighted by molar-refractivity contribution is 5.88. The molecule has 1 atom stereocenters. The quantitative estimate of drug-likeness (QED) is 0.458. The number of para-hydroxylation sites is 2. The molecule has 3 saturated heterocycles. The third kappa shape index (κ3) is 11.1. The van der Waals surface area contributed by atoms with Crippen molar-refractivity contribution < 1.29 is 25.3 Å². The summed E-state index contributed by atoms with van der Waals surface area (Å²) in [6, 6.07) is 16.0. The molecule has 2 aromatic carbocycles. The van der Waals surface area contributed by atoms with Crippen LogP contribution in [0, 0.1) is 0 Å². The van der Waals surface area contributed by atoms with Gasteiger partial charge in [0, 0.05) is 106 Å². The van der Waals surface area contributed by atoms with Gasteiger partial charge in [-0.2, -0.15) is 0 Å². The number of methoxy groups -OCH3 is 1. The summed E-state index contributed by atoms with van der Waals surface area (Å²) in [5.74, 6) is 0.662.